The molecule has 0 aliphatic carbocycles. The van der Waals surface area contributed by atoms with E-state index in [1.807, 2.05) is 0 Å². The van der Waals surface area contributed by atoms with Crippen molar-refractivity contribution in [1.82, 2.24) is 4.31 Å². The number of ether oxygens (including phenoxy) is 2. The summed E-state index contributed by atoms with van der Waals surface area (Å²) in [6.07, 6.45) is 0.713. The molecule has 1 aliphatic heterocycles. The van der Waals surface area contributed by atoms with Crippen LogP contribution in [0.3, 0.4) is 0 Å². The van der Waals surface area contributed by atoms with Crippen LogP contribution in [0.5, 0.6) is 11.5 Å². The third-order valence-corrected chi connectivity index (χ3v) is 6.18. The van der Waals surface area contributed by atoms with E-state index < -0.39 is 15.9 Å². The number of carbonyl (C=O) groups excluding carboxylic acids is 1. The van der Waals surface area contributed by atoms with Crippen LogP contribution < -0.4 is 14.8 Å². The first-order valence-corrected chi connectivity index (χ1v) is 10.6. The minimum atomic E-state index is -3.90. The molecule has 3 rings (SSSR count). The number of amides is 1. The summed E-state index contributed by atoms with van der Waals surface area (Å²) in [5.74, 6) is 0.332. The second-order valence-electron chi connectivity index (χ2n) is 6.13. The van der Waals surface area contributed by atoms with E-state index in [9.17, 15) is 13.2 Å². The molecule has 0 saturated heterocycles. The van der Waals surface area contributed by atoms with Gasteiger partial charge in [0, 0.05) is 35.3 Å². The highest BCUT2D eigenvalue weighted by Gasteiger charge is 2.25. The maximum absolute atomic E-state index is 12.8. The largest absolute Gasteiger partial charge is 0.490 e. The van der Waals surface area contributed by atoms with E-state index in [4.69, 9.17) is 32.7 Å². The Kier molecular flexibility index (Phi) is 6.34. The number of benzene rings is 2. The zero-order valence-electron chi connectivity index (χ0n) is 14.9. The summed E-state index contributed by atoms with van der Waals surface area (Å²) in [5, 5.41) is 3.29. The molecule has 0 fully saturated rings. The van der Waals surface area contributed by atoms with Crippen molar-refractivity contribution >= 4 is 44.8 Å². The minimum absolute atomic E-state index is 0.0119. The number of carbonyl (C=O) groups is 1. The lowest BCUT2D eigenvalue weighted by molar-refractivity contribution is -0.116. The SMILES string of the molecule is CN(CC(=O)Nc1cc(Cl)cc(Cl)c1)S(=O)(=O)c1ccc2c(c1)OCCCO2. The second-order valence-corrected chi connectivity index (χ2v) is 9.04. The van der Waals surface area contributed by atoms with Crippen LogP contribution in [0, 0.1) is 0 Å². The van der Waals surface area contributed by atoms with Crippen molar-refractivity contribution in [3.63, 3.8) is 0 Å². The minimum Gasteiger partial charge on any atom is -0.490 e. The number of nitrogens with zero attached hydrogens (tertiary/aromatic N) is 1. The van der Waals surface area contributed by atoms with Crippen LogP contribution in [0.15, 0.2) is 41.3 Å². The van der Waals surface area contributed by atoms with Crippen LogP contribution in [-0.4, -0.2) is 45.4 Å². The Balaban J connectivity index is 1.73. The van der Waals surface area contributed by atoms with Crippen LogP contribution in [0.1, 0.15) is 6.42 Å². The van der Waals surface area contributed by atoms with Gasteiger partial charge in [-0.1, -0.05) is 23.2 Å². The monoisotopic (exact) mass is 444 g/mol. The van der Waals surface area contributed by atoms with Gasteiger partial charge in [-0.25, -0.2) is 8.42 Å². The molecule has 0 radical (unpaired) electrons. The van der Waals surface area contributed by atoms with Crippen LogP contribution in [0.25, 0.3) is 0 Å². The molecule has 1 N–H and O–H groups in total. The second kappa shape index (κ2) is 8.57. The van der Waals surface area contributed by atoms with E-state index in [0.717, 1.165) is 4.31 Å². The Bertz CT molecular complexity index is 977. The zero-order valence-corrected chi connectivity index (χ0v) is 17.3. The lowest BCUT2D eigenvalue weighted by atomic mass is 10.3. The average Bonchev–Trinajstić information content (AvgIpc) is 2.85. The molecule has 0 atom stereocenters. The van der Waals surface area contributed by atoms with Gasteiger partial charge in [-0.2, -0.15) is 4.31 Å². The third kappa shape index (κ3) is 4.88. The molecule has 0 spiro atoms. The molecule has 0 saturated carbocycles. The number of hydrogen-bond acceptors (Lipinski definition) is 5. The van der Waals surface area contributed by atoms with Crippen molar-refractivity contribution in [3.05, 3.63) is 46.4 Å². The Hall–Kier alpha value is -2.00. The molecule has 0 unspecified atom stereocenters. The van der Waals surface area contributed by atoms with Gasteiger partial charge in [-0.3, -0.25) is 4.79 Å². The van der Waals surface area contributed by atoms with Crippen molar-refractivity contribution < 1.29 is 22.7 Å². The Morgan fingerprint density at radius 3 is 2.39 bits per heavy atom. The summed E-state index contributed by atoms with van der Waals surface area (Å²) in [6, 6.07) is 8.94. The predicted octanol–water partition coefficient (Wildman–Crippen LogP) is 3.41. The maximum Gasteiger partial charge on any atom is 0.243 e. The van der Waals surface area contributed by atoms with E-state index in [1.165, 1.54) is 37.4 Å². The first-order valence-electron chi connectivity index (χ1n) is 8.37. The average molecular weight is 445 g/mol. The van der Waals surface area contributed by atoms with Gasteiger partial charge in [0.25, 0.3) is 0 Å². The number of sulfonamides is 1. The van der Waals surface area contributed by atoms with Crippen molar-refractivity contribution in [1.29, 1.82) is 0 Å². The van der Waals surface area contributed by atoms with Gasteiger partial charge in [0.05, 0.1) is 24.7 Å². The van der Waals surface area contributed by atoms with Crippen molar-refractivity contribution in [2.45, 2.75) is 11.3 Å². The quantitative estimate of drug-likeness (QED) is 0.763. The third-order valence-electron chi connectivity index (χ3n) is 3.94. The molecule has 0 bridgehead atoms. The molecule has 2 aromatic rings. The molecular formula is C18H18Cl2N2O5S. The smallest absolute Gasteiger partial charge is 0.243 e. The molecule has 1 aliphatic rings. The molecule has 2 aromatic carbocycles. The summed E-state index contributed by atoms with van der Waals surface area (Å²) >= 11 is 11.8. The van der Waals surface area contributed by atoms with Crippen LogP contribution in [0.4, 0.5) is 5.69 Å². The maximum atomic E-state index is 12.8. The molecule has 28 heavy (non-hydrogen) atoms. The van der Waals surface area contributed by atoms with Gasteiger partial charge in [-0.15, -0.1) is 0 Å². The summed E-state index contributed by atoms with van der Waals surface area (Å²) in [4.78, 5) is 12.3. The topological polar surface area (TPSA) is 84.9 Å². The van der Waals surface area contributed by atoms with E-state index in [1.54, 1.807) is 6.07 Å². The number of hydrogen-bond donors (Lipinski definition) is 1. The molecule has 150 valence electrons. The Morgan fingerprint density at radius 1 is 1.07 bits per heavy atom. The predicted molar refractivity (Wildman–Crippen MR) is 107 cm³/mol. The zero-order chi connectivity index (χ0) is 20.3. The van der Waals surface area contributed by atoms with Crippen molar-refractivity contribution in [2.75, 3.05) is 32.1 Å². The highest BCUT2D eigenvalue weighted by atomic mass is 35.5. The van der Waals surface area contributed by atoms with E-state index in [-0.39, 0.29) is 11.4 Å². The molecule has 10 heteroatoms. The number of rotatable bonds is 5. The fourth-order valence-corrected chi connectivity index (χ4v) is 4.27. The highest BCUT2D eigenvalue weighted by molar-refractivity contribution is 7.89. The number of anilines is 1. The fraction of sp³-hybridized carbons (Fsp3) is 0.278. The van der Waals surface area contributed by atoms with Crippen LogP contribution in [0.2, 0.25) is 10.0 Å². The number of likely N-dealkylation sites (N-methyl/N-ethyl adjacent to an activating group) is 1. The van der Waals surface area contributed by atoms with Gasteiger partial charge in [0.15, 0.2) is 11.5 Å². The Labute approximate surface area is 173 Å². The first kappa shape index (κ1) is 20.7. The van der Waals surface area contributed by atoms with Gasteiger partial charge in [-0.05, 0) is 30.3 Å². The summed E-state index contributed by atoms with van der Waals surface area (Å²) in [7, 11) is -2.58. The van der Waals surface area contributed by atoms with Crippen LogP contribution >= 0.6 is 23.2 Å². The lowest BCUT2D eigenvalue weighted by Gasteiger charge is -2.18. The first-order chi connectivity index (χ1) is 13.3. The lowest BCUT2D eigenvalue weighted by Crippen LogP contribution is -2.35. The molecule has 1 heterocycles. The molecule has 0 aromatic heterocycles. The summed E-state index contributed by atoms with van der Waals surface area (Å²) in [5.41, 5.74) is 0.379. The Morgan fingerprint density at radius 2 is 1.71 bits per heavy atom. The van der Waals surface area contributed by atoms with Gasteiger partial charge >= 0.3 is 0 Å². The standard InChI is InChI=1S/C18H18Cl2N2O5S/c1-22(11-18(23)21-14-8-12(19)7-13(20)9-14)28(24,25)15-3-4-16-17(10-15)27-6-2-5-26-16/h3-4,7-10H,2,5-6,11H2,1H3,(H,21,23). The van der Waals surface area contributed by atoms with E-state index in [2.05, 4.69) is 5.32 Å². The van der Waals surface area contributed by atoms with Gasteiger partial charge < -0.3 is 14.8 Å². The van der Waals surface area contributed by atoms with E-state index in [0.29, 0.717) is 46.9 Å². The number of fused-ring (bicyclic) bond motifs is 1. The van der Waals surface area contributed by atoms with Crippen molar-refractivity contribution in [2.24, 2.45) is 0 Å². The molecular weight excluding hydrogens is 427 g/mol. The molecule has 1 amide bonds. The van der Waals surface area contributed by atoms with Crippen LogP contribution in [-0.2, 0) is 14.8 Å². The van der Waals surface area contributed by atoms with Crippen molar-refractivity contribution in [3.8, 4) is 11.5 Å². The number of nitrogens with one attached hydrogen (secondary N) is 1. The van der Waals surface area contributed by atoms with E-state index >= 15 is 0 Å². The normalized spacial score (nSPS) is 13.9. The van der Waals surface area contributed by atoms with Gasteiger partial charge in [0.1, 0.15) is 0 Å². The fourth-order valence-electron chi connectivity index (χ4n) is 2.60. The van der Waals surface area contributed by atoms with Gasteiger partial charge in [0.2, 0.25) is 15.9 Å². The summed E-state index contributed by atoms with van der Waals surface area (Å²) in [6.45, 7) is 0.560. The number of halogens is 2. The highest BCUT2D eigenvalue weighted by Crippen LogP contribution is 2.32. The summed E-state index contributed by atoms with van der Waals surface area (Å²) < 4.78 is 37.6. The molecule has 7 nitrogen and oxygen atoms in total.